The summed E-state index contributed by atoms with van der Waals surface area (Å²) in [5.41, 5.74) is 0.881. The monoisotopic (exact) mass is 464 g/mol. The number of carboxylic acid groups (broad SMARTS) is 1. The molecule has 0 radical (unpaired) electrons. The van der Waals surface area contributed by atoms with Gasteiger partial charge in [0.2, 0.25) is 0 Å². The number of rotatable bonds is 5. The molecule has 8 heteroatoms. The number of carbonyl (C=O) groups is 1. The van der Waals surface area contributed by atoms with Crippen LogP contribution in [-0.2, 0) is 4.79 Å². The number of benzene rings is 1. The van der Waals surface area contributed by atoms with E-state index in [2.05, 4.69) is 54.0 Å². The summed E-state index contributed by atoms with van der Waals surface area (Å²) in [7, 11) is 0. The summed E-state index contributed by atoms with van der Waals surface area (Å²) in [6.07, 6.45) is -0.0136. The lowest BCUT2D eigenvalue weighted by Crippen LogP contribution is -2.21. The Morgan fingerprint density at radius 3 is 2.81 bits per heavy atom. The predicted molar refractivity (Wildman–Crippen MR) is 89.8 cm³/mol. The highest BCUT2D eigenvalue weighted by Crippen LogP contribution is 2.30. The first-order valence-corrected chi connectivity index (χ1v) is 8.22. The van der Waals surface area contributed by atoms with E-state index in [1.807, 2.05) is 32.0 Å². The van der Waals surface area contributed by atoms with Crippen LogP contribution < -0.4 is 0 Å². The van der Waals surface area contributed by atoms with Gasteiger partial charge in [-0.25, -0.2) is 4.68 Å². The zero-order chi connectivity index (χ0) is 15.6. The number of hydrogen-bond donors (Lipinski definition) is 1. The molecule has 1 heterocycles. The van der Waals surface area contributed by atoms with Crippen molar-refractivity contribution in [2.75, 3.05) is 0 Å². The Balaban J connectivity index is 2.50. The smallest absolute Gasteiger partial charge is 0.305 e. The van der Waals surface area contributed by atoms with Crippen LogP contribution in [0.5, 0.6) is 0 Å². The Hall–Kier alpha value is -1.03. The van der Waals surface area contributed by atoms with E-state index in [-0.39, 0.29) is 18.4 Å². The highest BCUT2D eigenvalue weighted by atomic mass is 127. The van der Waals surface area contributed by atoms with Gasteiger partial charge in [-0.3, -0.25) is 4.79 Å². The Labute approximate surface area is 144 Å². The van der Waals surface area contributed by atoms with E-state index < -0.39 is 5.97 Å². The molecule has 112 valence electrons. The molecule has 0 amide bonds. The number of nitrogens with zero attached hydrogens (tertiary/aromatic N) is 4. The maximum atomic E-state index is 11.1. The van der Waals surface area contributed by atoms with E-state index in [9.17, 15) is 4.79 Å². The van der Waals surface area contributed by atoms with Crippen molar-refractivity contribution in [3.8, 4) is 11.4 Å². The molecule has 0 aliphatic carbocycles. The summed E-state index contributed by atoms with van der Waals surface area (Å²) in [5.74, 6) is -0.173. The van der Waals surface area contributed by atoms with Crippen LogP contribution >= 0.6 is 38.5 Å². The van der Waals surface area contributed by atoms with E-state index in [0.717, 1.165) is 13.6 Å². The second-order valence-corrected chi connectivity index (χ2v) is 7.06. The average Bonchev–Trinajstić information content (AvgIpc) is 2.87. The van der Waals surface area contributed by atoms with Crippen LogP contribution in [0.1, 0.15) is 26.3 Å². The molecule has 2 aromatic rings. The zero-order valence-electron chi connectivity index (χ0n) is 11.5. The molecule has 0 spiro atoms. The Kier molecular flexibility index (Phi) is 5.31. The van der Waals surface area contributed by atoms with Crippen molar-refractivity contribution < 1.29 is 9.90 Å². The largest absolute Gasteiger partial charge is 0.481 e. The van der Waals surface area contributed by atoms with Crippen molar-refractivity contribution in [1.82, 2.24) is 20.2 Å². The molecular formula is C13H14BrIN4O2. The summed E-state index contributed by atoms with van der Waals surface area (Å²) >= 11 is 5.65. The normalized spacial score (nSPS) is 12.6. The molecule has 0 fully saturated rings. The third-order valence-electron chi connectivity index (χ3n) is 3.13. The van der Waals surface area contributed by atoms with E-state index in [0.29, 0.717) is 5.82 Å². The van der Waals surface area contributed by atoms with E-state index in [4.69, 9.17) is 5.11 Å². The van der Waals surface area contributed by atoms with Gasteiger partial charge < -0.3 is 5.11 Å². The molecule has 2 rings (SSSR count). The SMILES string of the molecule is CC(C)C(CC(=O)O)n1nnnc1-c1cc(Br)ccc1I. The van der Waals surface area contributed by atoms with Gasteiger partial charge in [-0.2, -0.15) is 0 Å². The minimum Gasteiger partial charge on any atom is -0.481 e. The first kappa shape index (κ1) is 16.3. The van der Waals surface area contributed by atoms with Crippen molar-refractivity contribution in [2.45, 2.75) is 26.3 Å². The minimum atomic E-state index is -0.862. The fourth-order valence-electron chi connectivity index (χ4n) is 2.05. The average molecular weight is 465 g/mol. The molecule has 0 saturated heterocycles. The van der Waals surface area contributed by atoms with Gasteiger partial charge in [0.1, 0.15) is 0 Å². The Morgan fingerprint density at radius 1 is 1.48 bits per heavy atom. The summed E-state index contributed by atoms with van der Waals surface area (Å²) < 4.78 is 3.54. The van der Waals surface area contributed by atoms with Crippen molar-refractivity contribution in [3.63, 3.8) is 0 Å². The maximum absolute atomic E-state index is 11.1. The number of aromatic nitrogens is 4. The molecule has 1 N–H and O–H groups in total. The molecule has 1 aromatic heterocycles. The van der Waals surface area contributed by atoms with Crippen molar-refractivity contribution in [3.05, 3.63) is 26.2 Å². The van der Waals surface area contributed by atoms with Gasteiger partial charge in [-0.15, -0.1) is 5.10 Å². The van der Waals surface area contributed by atoms with E-state index in [1.54, 1.807) is 4.68 Å². The summed E-state index contributed by atoms with van der Waals surface area (Å²) in [6.45, 7) is 3.93. The van der Waals surface area contributed by atoms with Crippen LogP contribution in [-0.4, -0.2) is 31.3 Å². The molecule has 6 nitrogen and oxygen atoms in total. The molecule has 1 unspecified atom stereocenters. The van der Waals surface area contributed by atoms with Gasteiger partial charge in [-0.1, -0.05) is 29.8 Å². The van der Waals surface area contributed by atoms with Crippen LogP contribution in [0.4, 0.5) is 0 Å². The second-order valence-electron chi connectivity index (χ2n) is 4.98. The fourth-order valence-corrected chi connectivity index (χ4v) is 2.98. The highest BCUT2D eigenvalue weighted by molar-refractivity contribution is 14.1. The van der Waals surface area contributed by atoms with Crippen LogP contribution in [0.2, 0.25) is 0 Å². The van der Waals surface area contributed by atoms with Crippen LogP contribution in [0.25, 0.3) is 11.4 Å². The van der Waals surface area contributed by atoms with Gasteiger partial charge >= 0.3 is 5.97 Å². The van der Waals surface area contributed by atoms with Gasteiger partial charge in [0.05, 0.1) is 12.5 Å². The predicted octanol–water partition coefficient (Wildman–Crippen LogP) is 3.38. The number of carboxylic acids is 1. The first-order chi connectivity index (χ1) is 9.90. The molecular weight excluding hydrogens is 451 g/mol. The third kappa shape index (κ3) is 3.79. The summed E-state index contributed by atoms with van der Waals surface area (Å²) in [6, 6.07) is 5.54. The van der Waals surface area contributed by atoms with E-state index >= 15 is 0 Å². The minimum absolute atomic E-state index is 0.0136. The molecule has 0 bridgehead atoms. The third-order valence-corrected chi connectivity index (χ3v) is 4.56. The lowest BCUT2D eigenvalue weighted by Gasteiger charge is -2.20. The van der Waals surface area contributed by atoms with Crippen LogP contribution in [0, 0.1) is 9.49 Å². The van der Waals surface area contributed by atoms with Crippen molar-refractivity contribution in [2.24, 2.45) is 5.92 Å². The second kappa shape index (κ2) is 6.82. The van der Waals surface area contributed by atoms with E-state index in [1.165, 1.54) is 0 Å². The highest BCUT2D eigenvalue weighted by Gasteiger charge is 2.25. The molecule has 21 heavy (non-hydrogen) atoms. The number of hydrogen-bond acceptors (Lipinski definition) is 4. The fraction of sp³-hybridized carbons (Fsp3) is 0.385. The lowest BCUT2D eigenvalue weighted by atomic mass is 10.0. The molecule has 0 aliphatic rings. The molecule has 0 aliphatic heterocycles. The number of tetrazole rings is 1. The van der Waals surface area contributed by atoms with Gasteiger partial charge in [-0.05, 0) is 57.1 Å². The van der Waals surface area contributed by atoms with Gasteiger partial charge in [0, 0.05) is 13.6 Å². The topological polar surface area (TPSA) is 80.9 Å². The lowest BCUT2D eigenvalue weighted by molar-refractivity contribution is -0.138. The van der Waals surface area contributed by atoms with Crippen molar-refractivity contribution in [1.29, 1.82) is 0 Å². The summed E-state index contributed by atoms with van der Waals surface area (Å²) in [4.78, 5) is 11.1. The van der Waals surface area contributed by atoms with Crippen LogP contribution in [0.15, 0.2) is 22.7 Å². The maximum Gasteiger partial charge on any atom is 0.305 e. The summed E-state index contributed by atoms with van der Waals surface area (Å²) in [5, 5.41) is 20.9. The number of aliphatic carboxylic acids is 1. The Morgan fingerprint density at radius 2 is 2.19 bits per heavy atom. The zero-order valence-corrected chi connectivity index (χ0v) is 15.2. The van der Waals surface area contributed by atoms with Gasteiger partial charge in [0.15, 0.2) is 5.82 Å². The quantitative estimate of drug-likeness (QED) is 0.686. The molecule has 1 atom stereocenters. The standard InChI is InChI=1S/C13H14BrIN4O2/c1-7(2)11(6-12(20)21)19-13(16-17-18-19)9-5-8(14)3-4-10(9)15/h3-5,7,11H,6H2,1-2H3,(H,20,21). The molecule has 1 aromatic carbocycles. The van der Waals surface area contributed by atoms with Gasteiger partial charge in [0.25, 0.3) is 0 Å². The van der Waals surface area contributed by atoms with Crippen LogP contribution in [0.3, 0.4) is 0 Å². The molecule has 0 saturated carbocycles. The first-order valence-electron chi connectivity index (χ1n) is 6.35. The number of halogens is 2. The Bertz CT molecular complexity index is 659. The van der Waals surface area contributed by atoms with Crippen molar-refractivity contribution >= 4 is 44.5 Å².